The Kier molecular flexibility index (Phi) is 1.99. The summed E-state index contributed by atoms with van der Waals surface area (Å²) in [6.45, 7) is 0. The van der Waals surface area contributed by atoms with Gasteiger partial charge in [0.1, 0.15) is 5.03 Å². The molecule has 62 valence electrons. The summed E-state index contributed by atoms with van der Waals surface area (Å²) in [7, 11) is 0. The predicted octanol–water partition coefficient (Wildman–Crippen LogP) is -0.390. The Bertz CT molecular complexity index is 279. The Morgan fingerprint density at radius 2 is 2.33 bits per heavy atom. The first-order valence-electron chi connectivity index (χ1n) is 3.16. The molecule has 12 heavy (non-hydrogen) atoms. The van der Waals surface area contributed by atoms with Crippen molar-refractivity contribution in [3.05, 3.63) is 12.0 Å². The number of nitrogens with zero attached hydrogens (tertiary/aromatic N) is 5. The molecule has 2 aromatic heterocycles. The lowest BCUT2D eigenvalue weighted by molar-refractivity contribution is 0.881. The van der Waals surface area contributed by atoms with Crippen molar-refractivity contribution in [2.75, 3.05) is 0 Å². The zero-order valence-electron chi connectivity index (χ0n) is 5.93. The summed E-state index contributed by atoms with van der Waals surface area (Å²) in [5, 5.41) is 24.2. The Labute approximate surface area is 71.3 Å². The third-order valence-corrected chi connectivity index (χ3v) is 2.03. The van der Waals surface area contributed by atoms with Crippen molar-refractivity contribution >= 4 is 11.8 Å². The van der Waals surface area contributed by atoms with Crippen molar-refractivity contribution < 1.29 is 0 Å². The second-order valence-electron chi connectivity index (χ2n) is 1.92. The van der Waals surface area contributed by atoms with E-state index in [2.05, 4.69) is 36.0 Å². The van der Waals surface area contributed by atoms with Crippen LogP contribution in [0.25, 0.3) is 0 Å². The highest BCUT2D eigenvalue weighted by Gasteiger charge is 2.01. The smallest absolute Gasteiger partial charge is 0.184 e. The highest BCUT2D eigenvalue weighted by Crippen LogP contribution is 2.15. The molecule has 0 aliphatic carbocycles. The van der Waals surface area contributed by atoms with Crippen LogP contribution in [-0.2, 0) is 5.75 Å². The molecule has 2 rings (SSSR count). The van der Waals surface area contributed by atoms with Gasteiger partial charge in [-0.15, -0.1) is 15.3 Å². The van der Waals surface area contributed by atoms with E-state index >= 15 is 0 Å². The zero-order chi connectivity index (χ0) is 8.23. The predicted molar refractivity (Wildman–Crippen MR) is 40.1 cm³/mol. The Morgan fingerprint density at radius 3 is 3.00 bits per heavy atom. The van der Waals surface area contributed by atoms with Gasteiger partial charge in [-0.05, 0) is 0 Å². The van der Waals surface area contributed by atoms with Gasteiger partial charge in [0, 0.05) is 0 Å². The van der Waals surface area contributed by atoms with Crippen molar-refractivity contribution in [3.63, 3.8) is 0 Å². The molecule has 0 aromatic carbocycles. The van der Waals surface area contributed by atoms with Gasteiger partial charge in [0.15, 0.2) is 5.82 Å². The minimum absolute atomic E-state index is 0.642. The minimum Gasteiger partial charge on any atom is -0.197 e. The maximum Gasteiger partial charge on any atom is 0.184 e. The van der Waals surface area contributed by atoms with Crippen LogP contribution in [0.3, 0.4) is 0 Å². The van der Waals surface area contributed by atoms with E-state index in [-0.39, 0.29) is 0 Å². The SMILES string of the molecule is c1n[nH]nc1SCc1nn[nH]n1. The molecule has 0 amide bonds. The number of thioether (sulfide) groups is 1. The van der Waals surface area contributed by atoms with E-state index in [0.717, 1.165) is 5.03 Å². The highest BCUT2D eigenvalue weighted by atomic mass is 32.2. The van der Waals surface area contributed by atoms with Crippen LogP contribution in [0.2, 0.25) is 0 Å². The van der Waals surface area contributed by atoms with Crippen LogP contribution < -0.4 is 0 Å². The molecule has 0 fully saturated rings. The fourth-order valence-electron chi connectivity index (χ4n) is 0.643. The molecule has 0 aliphatic rings. The summed E-state index contributed by atoms with van der Waals surface area (Å²) >= 11 is 1.49. The summed E-state index contributed by atoms with van der Waals surface area (Å²) in [5.74, 6) is 1.30. The van der Waals surface area contributed by atoms with Crippen LogP contribution in [0, 0.1) is 0 Å². The van der Waals surface area contributed by atoms with Crippen LogP contribution in [0.4, 0.5) is 0 Å². The van der Waals surface area contributed by atoms with E-state index in [0.29, 0.717) is 11.6 Å². The van der Waals surface area contributed by atoms with Crippen molar-refractivity contribution in [3.8, 4) is 0 Å². The molecule has 0 saturated heterocycles. The van der Waals surface area contributed by atoms with Gasteiger partial charge in [0.05, 0.1) is 11.9 Å². The lowest BCUT2D eigenvalue weighted by atomic mass is 10.8. The van der Waals surface area contributed by atoms with Gasteiger partial charge in [-0.25, -0.2) is 0 Å². The van der Waals surface area contributed by atoms with Gasteiger partial charge in [0.2, 0.25) is 0 Å². The zero-order valence-corrected chi connectivity index (χ0v) is 6.75. The molecule has 8 heteroatoms. The summed E-state index contributed by atoms with van der Waals surface area (Å²) in [4.78, 5) is 0. The molecule has 2 N–H and O–H groups in total. The van der Waals surface area contributed by atoms with Crippen molar-refractivity contribution in [1.29, 1.82) is 0 Å². The molecule has 7 nitrogen and oxygen atoms in total. The average molecular weight is 183 g/mol. The van der Waals surface area contributed by atoms with Crippen LogP contribution in [0.1, 0.15) is 5.82 Å². The lowest BCUT2D eigenvalue weighted by Crippen LogP contribution is -1.83. The number of rotatable bonds is 3. The topological polar surface area (TPSA) is 96.0 Å². The molecule has 0 bridgehead atoms. The number of aromatic amines is 2. The summed E-state index contributed by atoms with van der Waals surface area (Å²) in [6.07, 6.45) is 1.64. The highest BCUT2D eigenvalue weighted by molar-refractivity contribution is 7.98. The maximum absolute atomic E-state index is 3.86. The fraction of sp³-hybridized carbons (Fsp3) is 0.250. The Hall–Kier alpha value is -1.44. The second-order valence-corrected chi connectivity index (χ2v) is 2.92. The number of H-pyrrole nitrogens is 2. The Balaban J connectivity index is 1.91. The molecule has 0 radical (unpaired) electrons. The molecule has 0 unspecified atom stereocenters. The minimum atomic E-state index is 0.642. The van der Waals surface area contributed by atoms with E-state index in [1.807, 2.05) is 0 Å². The largest absolute Gasteiger partial charge is 0.197 e. The van der Waals surface area contributed by atoms with E-state index in [4.69, 9.17) is 0 Å². The fourth-order valence-corrected chi connectivity index (χ4v) is 1.27. The van der Waals surface area contributed by atoms with Crippen molar-refractivity contribution in [1.82, 2.24) is 36.0 Å². The molecule has 2 heterocycles. The second kappa shape index (κ2) is 3.30. The quantitative estimate of drug-likeness (QED) is 0.629. The molecule has 0 aliphatic heterocycles. The van der Waals surface area contributed by atoms with E-state index in [1.54, 1.807) is 6.20 Å². The summed E-state index contributed by atoms with van der Waals surface area (Å²) < 4.78 is 0. The normalized spacial score (nSPS) is 10.3. The van der Waals surface area contributed by atoms with Crippen molar-refractivity contribution in [2.45, 2.75) is 10.8 Å². The molecular formula is C4H5N7S. The third-order valence-electron chi connectivity index (χ3n) is 1.13. The molecular weight excluding hydrogens is 178 g/mol. The van der Waals surface area contributed by atoms with Gasteiger partial charge in [-0.3, -0.25) is 0 Å². The van der Waals surface area contributed by atoms with Gasteiger partial charge in [0.25, 0.3) is 0 Å². The standard InChI is InChI=1S/C4H5N7S/c1-4(8-9-5-1)12-2-3-6-10-11-7-3/h1H,2H2,(H,5,8,9)(H,6,7,10,11). The summed E-state index contributed by atoms with van der Waals surface area (Å²) in [5.41, 5.74) is 0. The number of aromatic nitrogens is 7. The first kappa shape index (κ1) is 7.22. The third kappa shape index (κ3) is 1.59. The van der Waals surface area contributed by atoms with E-state index in [1.165, 1.54) is 11.8 Å². The van der Waals surface area contributed by atoms with Crippen molar-refractivity contribution in [2.24, 2.45) is 0 Å². The monoisotopic (exact) mass is 183 g/mol. The van der Waals surface area contributed by atoms with Crippen LogP contribution in [-0.4, -0.2) is 36.0 Å². The van der Waals surface area contributed by atoms with Gasteiger partial charge < -0.3 is 0 Å². The lowest BCUT2D eigenvalue weighted by Gasteiger charge is -1.88. The molecule has 2 aromatic rings. The number of tetrazole rings is 1. The van der Waals surface area contributed by atoms with E-state index in [9.17, 15) is 0 Å². The van der Waals surface area contributed by atoms with Gasteiger partial charge >= 0.3 is 0 Å². The van der Waals surface area contributed by atoms with Crippen LogP contribution in [0.15, 0.2) is 11.2 Å². The average Bonchev–Trinajstić information content (AvgIpc) is 2.74. The number of hydrogen-bond acceptors (Lipinski definition) is 6. The van der Waals surface area contributed by atoms with Crippen LogP contribution >= 0.6 is 11.8 Å². The summed E-state index contributed by atoms with van der Waals surface area (Å²) in [6, 6.07) is 0. The molecule has 0 spiro atoms. The maximum atomic E-state index is 3.86. The van der Waals surface area contributed by atoms with Crippen LogP contribution in [0.5, 0.6) is 0 Å². The first-order chi connectivity index (χ1) is 5.95. The molecule has 0 saturated carbocycles. The number of nitrogens with one attached hydrogen (secondary N) is 2. The molecule has 0 atom stereocenters. The van der Waals surface area contributed by atoms with Gasteiger partial charge in [-0.2, -0.15) is 15.5 Å². The number of hydrogen-bond donors (Lipinski definition) is 2. The Morgan fingerprint density at radius 1 is 1.33 bits per heavy atom. The van der Waals surface area contributed by atoms with E-state index < -0.39 is 0 Å². The van der Waals surface area contributed by atoms with Gasteiger partial charge in [-0.1, -0.05) is 17.0 Å². The first-order valence-corrected chi connectivity index (χ1v) is 4.14.